The van der Waals surface area contributed by atoms with Crippen molar-refractivity contribution in [3.8, 4) is 0 Å². The van der Waals surface area contributed by atoms with Crippen molar-refractivity contribution < 1.29 is 4.79 Å². The Labute approximate surface area is 181 Å². The SMILES string of the molecule is CC(C)CCCNCC(C)(C)C(C)(C)CC(=O)NCNC(C)(C)CNC(C)(C)C. The number of hydrogen-bond acceptors (Lipinski definition) is 4. The highest BCUT2D eigenvalue weighted by atomic mass is 16.1. The van der Waals surface area contributed by atoms with Crippen molar-refractivity contribution >= 4 is 5.91 Å². The Morgan fingerprint density at radius 2 is 1.41 bits per heavy atom. The Hall–Kier alpha value is -0.650. The molecule has 0 rings (SSSR count). The van der Waals surface area contributed by atoms with E-state index in [4.69, 9.17) is 0 Å². The number of nitrogens with one attached hydrogen (secondary N) is 4. The van der Waals surface area contributed by atoms with Gasteiger partial charge in [-0.15, -0.1) is 0 Å². The predicted molar refractivity (Wildman–Crippen MR) is 127 cm³/mol. The molecule has 0 aromatic rings. The predicted octanol–water partition coefficient (Wildman–Crippen LogP) is 4.28. The van der Waals surface area contributed by atoms with E-state index in [1.54, 1.807) is 0 Å². The van der Waals surface area contributed by atoms with Gasteiger partial charge in [0.05, 0.1) is 6.67 Å². The number of carbonyl (C=O) groups is 1. The van der Waals surface area contributed by atoms with Crippen molar-refractivity contribution in [1.82, 2.24) is 21.3 Å². The highest BCUT2D eigenvalue weighted by Crippen LogP contribution is 2.40. The van der Waals surface area contributed by atoms with Gasteiger partial charge in [0.1, 0.15) is 0 Å². The van der Waals surface area contributed by atoms with Crippen LogP contribution in [0.4, 0.5) is 0 Å². The molecule has 174 valence electrons. The number of amides is 1. The smallest absolute Gasteiger partial charge is 0.221 e. The van der Waals surface area contributed by atoms with Gasteiger partial charge in [-0.1, -0.05) is 41.5 Å². The third-order valence-electron chi connectivity index (χ3n) is 6.05. The molecule has 0 heterocycles. The van der Waals surface area contributed by atoms with Gasteiger partial charge in [0.2, 0.25) is 5.91 Å². The Morgan fingerprint density at radius 3 is 1.93 bits per heavy atom. The summed E-state index contributed by atoms with van der Waals surface area (Å²) in [4.78, 5) is 12.6. The van der Waals surface area contributed by atoms with E-state index < -0.39 is 0 Å². The minimum absolute atomic E-state index is 0.0332. The maximum Gasteiger partial charge on any atom is 0.221 e. The lowest BCUT2D eigenvalue weighted by molar-refractivity contribution is -0.125. The first-order valence-corrected chi connectivity index (χ1v) is 11.4. The van der Waals surface area contributed by atoms with Gasteiger partial charge in [0.15, 0.2) is 0 Å². The molecule has 0 unspecified atom stereocenters. The number of carbonyl (C=O) groups excluding carboxylic acids is 1. The van der Waals surface area contributed by atoms with Crippen LogP contribution in [0.5, 0.6) is 0 Å². The molecule has 0 aromatic carbocycles. The van der Waals surface area contributed by atoms with Gasteiger partial charge in [-0.05, 0) is 70.8 Å². The fourth-order valence-corrected chi connectivity index (χ4v) is 2.91. The topological polar surface area (TPSA) is 65.2 Å². The lowest BCUT2D eigenvalue weighted by atomic mass is 9.66. The molecule has 0 aliphatic heterocycles. The van der Waals surface area contributed by atoms with E-state index in [1.807, 2.05) is 0 Å². The zero-order chi connectivity index (χ0) is 22.9. The van der Waals surface area contributed by atoms with Crippen LogP contribution in [0.25, 0.3) is 0 Å². The normalized spacial score (nSPS) is 13.8. The molecule has 0 bridgehead atoms. The lowest BCUT2D eigenvalue weighted by Gasteiger charge is -2.42. The van der Waals surface area contributed by atoms with Crippen LogP contribution < -0.4 is 21.3 Å². The molecule has 0 atom stereocenters. The number of hydrogen-bond donors (Lipinski definition) is 4. The fraction of sp³-hybridized carbons (Fsp3) is 0.958. The summed E-state index contributed by atoms with van der Waals surface area (Å²) < 4.78 is 0. The van der Waals surface area contributed by atoms with E-state index in [0.717, 1.165) is 25.6 Å². The minimum Gasteiger partial charge on any atom is -0.344 e. The largest absolute Gasteiger partial charge is 0.344 e. The highest BCUT2D eigenvalue weighted by molar-refractivity contribution is 5.76. The molecule has 0 saturated heterocycles. The van der Waals surface area contributed by atoms with Crippen LogP contribution >= 0.6 is 0 Å². The summed E-state index contributed by atoms with van der Waals surface area (Å²) >= 11 is 0. The molecule has 29 heavy (non-hydrogen) atoms. The maximum absolute atomic E-state index is 12.6. The van der Waals surface area contributed by atoms with Gasteiger partial charge in [0, 0.05) is 30.6 Å². The average molecular weight is 413 g/mol. The summed E-state index contributed by atoms with van der Waals surface area (Å²) in [7, 11) is 0. The Kier molecular flexibility index (Phi) is 11.4. The van der Waals surface area contributed by atoms with Gasteiger partial charge < -0.3 is 16.0 Å². The van der Waals surface area contributed by atoms with Crippen molar-refractivity contribution in [3.63, 3.8) is 0 Å². The summed E-state index contributed by atoms with van der Waals surface area (Å²) in [5.41, 5.74) is -0.0627. The molecule has 5 nitrogen and oxygen atoms in total. The van der Waals surface area contributed by atoms with Gasteiger partial charge >= 0.3 is 0 Å². The van der Waals surface area contributed by atoms with Crippen LogP contribution in [0.3, 0.4) is 0 Å². The van der Waals surface area contributed by atoms with Crippen molar-refractivity contribution in [1.29, 1.82) is 0 Å². The van der Waals surface area contributed by atoms with Crippen LogP contribution in [0.2, 0.25) is 0 Å². The molecule has 0 aliphatic rings. The summed E-state index contributed by atoms with van der Waals surface area (Å²) in [5.74, 6) is 0.864. The van der Waals surface area contributed by atoms with E-state index in [1.165, 1.54) is 12.8 Å². The molecule has 0 aliphatic carbocycles. The van der Waals surface area contributed by atoms with Gasteiger partial charge in [-0.25, -0.2) is 0 Å². The fourth-order valence-electron chi connectivity index (χ4n) is 2.91. The summed E-state index contributed by atoms with van der Waals surface area (Å²) in [6.07, 6.45) is 2.99. The molecule has 0 aromatic heterocycles. The molecule has 0 radical (unpaired) electrons. The van der Waals surface area contributed by atoms with Crippen LogP contribution in [-0.4, -0.2) is 43.3 Å². The standard InChI is InChI=1S/C24H52N4O/c1-19(2)13-12-14-25-16-23(8,9)22(6,7)15-20(29)26-18-28-24(10,11)17-27-21(3,4)5/h19,25,27-28H,12-18H2,1-11H3,(H,26,29). The summed E-state index contributed by atoms with van der Waals surface area (Å²) in [5, 5.41) is 13.6. The van der Waals surface area contributed by atoms with Gasteiger partial charge in [-0.2, -0.15) is 0 Å². The Bertz CT molecular complexity index is 476. The second-order valence-electron chi connectivity index (χ2n) is 12.1. The van der Waals surface area contributed by atoms with E-state index in [0.29, 0.717) is 13.1 Å². The lowest BCUT2D eigenvalue weighted by Crippen LogP contribution is -2.55. The van der Waals surface area contributed by atoms with Crippen LogP contribution in [-0.2, 0) is 4.79 Å². The second kappa shape index (κ2) is 11.7. The molecule has 4 N–H and O–H groups in total. The maximum atomic E-state index is 12.6. The quantitative estimate of drug-likeness (QED) is 0.254. The first-order chi connectivity index (χ1) is 13.0. The van der Waals surface area contributed by atoms with Crippen LogP contribution in [0.1, 0.15) is 95.4 Å². The first kappa shape index (κ1) is 28.4. The highest BCUT2D eigenvalue weighted by Gasteiger charge is 2.38. The molecule has 0 saturated carbocycles. The molecule has 1 amide bonds. The third-order valence-corrected chi connectivity index (χ3v) is 6.05. The molecule has 0 fully saturated rings. The van der Waals surface area contributed by atoms with Gasteiger partial charge in [-0.3, -0.25) is 10.1 Å². The van der Waals surface area contributed by atoms with Crippen molar-refractivity contribution in [3.05, 3.63) is 0 Å². The van der Waals surface area contributed by atoms with E-state index in [2.05, 4.69) is 97.4 Å². The van der Waals surface area contributed by atoms with Crippen molar-refractivity contribution in [2.45, 2.75) is 107 Å². The van der Waals surface area contributed by atoms with Crippen molar-refractivity contribution in [2.75, 3.05) is 26.3 Å². The molecular weight excluding hydrogens is 360 g/mol. The first-order valence-electron chi connectivity index (χ1n) is 11.4. The molecule has 5 heteroatoms. The average Bonchev–Trinajstić information content (AvgIpc) is 2.51. The Balaban J connectivity index is 4.36. The zero-order valence-electron chi connectivity index (χ0n) is 21.4. The number of rotatable bonds is 14. The Morgan fingerprint density at radius 1 is 0.828 bits per heavy atom. The second-order valence-corrected chi connectivity index (χ2v) is 12.1. The van der Waals surface area contributed by atoms with E-state index in [-0.39, 0.29) is 27.8 Å². The van der Waals surface area contributed by atoms with E-state index in [9.17, 15) is 4.79 Å². The summed E-state index contributed by atoms with van der Waals surface area (Å²) in [6, 6.07) is 0. The zero-order valence-corrected chi connectivity index (χ0v) is 21.4. The summed E-state index contributed by atoms with van der Waals surface area (Å²) in [6.45, 7) is 27.5. The van der Waals surface area contributed by atoms with Gasteiger partial charge in [0.25, 0.3) is 0 Å². The minimum atomic E-state index is -0.0918. The molecular formula is C24H52N4O. The van der Waals surface area contributed by atoms with Crippen LogP contribution in [0.15, 0.2) is 0 Å². The molecule has 0 spiro atoms. The third kappa shape index (κ3) is 13.3. The monoisotopic (exact) mass is 412 g/mol. The van der Waals surface area contributed by atoms with Crippen molar-refractivity contribution in [2.24, 2.45) is 16.7 Å². The van der Waals surface area contributed by atoms with E-state index >= 15 is 0 Å². The van der Waals surface area contributed by atoms with Crippen LogP contribution in [0, 0.1) is 16.7 Å².